The molecule has 0 spiro atoms. The fourth-order valence-electron chi connectivity index (χ4n) is 3.08. The predicted molar refractivity (Wildman–Crippen MR) is 83.4 cm³/mol. The van der Waals surface area contributed by atoms with Crippen molar-refractivity contribution in [3.63, 3.8) is 0 Å². The molecule has 2 aliphatic heterocycles. The lowest BCUT2D eigenvalue weighted by atomic mass is 10.0. The van der Waals surface area contributed by atoms with Gasteiger partial charge >= 0.3 is 0 Å². The van der Waals surface area contributed by atoms with E-state index in [1.807, 2.05) is 24.3 Å². The summed E-state index contributed by atoms with van der Waals surface area (Å²) in [7, 11) is 0. The number of ether oxygens (including phenoxy) is 4. The fourth-order valence-corrected chi connectivity index (χ4v) is 3.08. The summed E-state index contributed by atoms with van der Waals surface area (Å²) in [5.74, 6) is 3.26. The van der Waals surface area contributed by atoms with Crippen LogP contribution in [-0.2, 0) is 0 Å². The van der Waals surface area contributed by atoms with E-state index in [0.717, 1.165) is 44.5 Å². The minimum atomic E-state index is 0.602. The van der Waals surface area contributed by atoms with Crippen molar-refractivity contribution in [2.45, 2.75) is 0 Å². The minimum Gasteiger partial charge on any atom is -0.486 e. The van der Waals surface area contributed by atoms with Gasteiger partial charge in [0.2, 0.25) is 0 Å². The quantitative estimate of drug-likeness (QED) is 0.594. The van der Waals surface area contributed by atoms with Crippen molar-refractivity contribution in [1.29, 1.82) is 0 Å². The Labute approximate surface area is 127 Å². The molecule has 0 radical (unpaired) electrons. The van der Waals surface area contributed by atoms with Crippen LogP contribution >= 0.6 is 0 Å². The molecule has 3 aromatic rings. The summed E-state index contributed by atoms with van der Waals surface area (Å²) in [6, 6.07) is 12.5. The summed E-state index contributed by atoms with van der Waals surface area (Å²) in [6.07, 6.45) is 0. The molecule has 22 heavy (non-hydrogen) atoms. The van der Waals surface area contributed by atoms with Gasteiger partial charge in [-0.2, -0.15) is 0 Å². The van der Waals surface area contributed by atoms with Gasteiger partial charge in [-0.3, -0.25) is 0 Å². The Morgan fingerprint density at radius 1 is 0.409 bits per heavy atom. The molecule has 0 aliphatic carbocycles. The molecule has 2 heterocycles. The molecular formula is C18H14O4. The highest BCUT2D eigenvalue weighted by atomic mass is 16.6. The lowest BCUT2D eigenvalue weighted by molar-refractivity contribution is 0.172. The van der Waals surface area contributed by atoms with E-state index < -0.39 is 0 Å². The van der Waals surface area contributed by atoms with Crippen LogP contribution in [0.5, 0.6) is 23.0 Å². The minimum absolute atomic E-state index is 0.602. The van der Waals surface area contributed by atoms with Crippen molar-refractivity contribution in [3.05, 3.63) is 36.4 Å². The normalized spacial score (nSPS) is 16.0. The third-order valence-electron chi connectivity index (χ3n) is 4.12. The monoisotopic (exact) mass is 294 g/mol. The Kier molecular flexibility index (Phi) is 2.41. The lowest BCUT2D eigenvalue weighted by Gasteiger charge is -2.20. The highest BCUT2D eigenvalue weighted by molar-refractivity contribution is 6.00. The van der Waals surface area contributed by atoms with Crippen molar-refractivity contribution in [1.82, 2.24) is 0 Å². The van der Waals surface area contributed by atoms with Gasteiger partial charge in [0.1, 0.15) is 26.4 Å². The second kappa shape index (κ2) is 4.44. The first-order valence-electron chi connectivity index (χ1n) is 7.44. The molecule has 0 bridgehead atoms. The number of benzene rings is 3. The van der Waals surface area contributed by atoms with Crippen molar-refractivity contribution < 1.29 is 18.9 Å². The van der Waals surface area contributed by atoms with Gasteiger partial charge in [-0.15, -0.1) is 0 Å². The predicted octanol–water partition coefficient (Wildman–Crippen LogP) is 3.54. The number of hydrogen-bond acceptors (Lipinski definition) is 4. The highest BCUT2D eigenvalue weighted by Crippen LogP contribution is 2.39. The summed E-state index contributed by atoms with van der Waals surface area (Å²) >= 11 is 0. The van der Waals surface area contributed by atoms with Gasteiger partial charge in [-0.1, -0.05) is 0 Å². The van der Waals surface area contributed by atoms with E-state index in [9.17, 15) is 0 Å². The van der Waals surface area contributed by atoms with E-state index in [4.69, 9.17) is 18.9 Å². The summed E-state index contributed by atoms with van der Waals surface area (Å²) in [5, 5.41) is 4.53. The molecule has 0 aromatic heterocycles. The average molecular weight is 294 g/mol. The van der Waals surface area contributed by atoms with Gasteiger partial charge in [0.05, 0.1) is 0 Å². The molecule has 0 saturated heterocycles. The number of rotatable bonds is 0. The van der Waals surface area contributed by atoms with Crippen LogP contribution in [0.15, 0.2) is 36.4 Å². The van der Waals surface area contributed by atoms with Crippen LogP contribution in [0.2, 0.25) is 0 Å². The molecule has 5 rings (SSSR count). The van der Waals surface area contributed by atoms with Crippen LogP contribution in [0, 0.1) is 0 Å². The Balaban J connectivity index is 1.76. The maximum atomic E-state index is 5.66. The zero-order chi connectivity index (χ0) is 14.5. The third kappa shape index (κ3) is 1.77. The summed E-state index contributed by atoms with van der Waals surface area (Å²) in [4.78, 5) is 0. The van der Waals surface area contributed by atoms with Gasteiger partial charge in [0.25, 0.3) is 0 Å². The third-order valence-corrected chi connectivity index (χ3v) is 4.12. The zero-order valence-corrected chi connectivity index (χ0v) is 11.9. The molecule has 0 saturated carbocycles. The summed E-state index contributed by atoms with van der Waals surface area (Å²) in [6.45, 7) is 2.41. The van der Waals surface area contributed by atoms with Crippen LogP contribution in [0.3, 0.4) is 0 Å². The fraction of sp³-hybridized carbons (Fsp3) is 0.222. The smallest absolute Gasteiger partial charge is 0.161 e. The summed E-state index contributed by atoms with van der Waals surface area (Å²) < 4.78 is 22.7. The highest BCUT2D eigenvalue weighted by Gasteiger charge is 2.15. The molecule has 3 aromatic carbocycles. The molecule has 4 heteroatoms. The largest absolute Gasteiger partial charge is 0.486 e. The standard InChI is InChI=1S/C18H14O4/c1-2-20-16-8-12-6-14-10-18-17(21-3-4-22-18)9-13(14)5-11(12)7-15(16)19-1/h5-10H,1-4H2. The first-order chi connectivity index (χ1) is 10.9. The van der Waals surface area contributed by atoms with Gasteiger partial charge in [-0.25, -0.2) is 0 Å². The molecular weight excluding hydrogens is 280 g/mol. The Morgan fingerprint density at radius 2 is 0.682 bits per heavy atom. The van der Waals surface area contributed by atoms with Gasteiger partial charge in [-0.05, 0) is 57.9 Å². The Hall–Kier alpha value is -2.62. The first kappa shape index (κ1) is 12.0. The molecule has 0 fully saturated rings. The molecule has 0 amide bonds. The SMILES string of the molecule is c1c2c(cc3cc4cc5c(cc4cc13)OCCO5)OCCO2. The van der Waals surface area contributed by atoms with Crippen LogP contribution in [0.25, 0.3) is 21.5 Å². The topological polar surface area (TPSA) is 36.9 Å². The van der Waals surface area contributed by atoms with Crippen LogP contribution < -0.4 is 18.9 Å². The first-order valence-corrected chi connectivity index (χ1v) is 7.44. The Morgan fingerprint density at radius 3 is 0.955 bits per heavy atom. The van der Waals surface area contributed by atoms with Crippen LogP contribution in [0.1, 0.15) is 0 Å². The zero-order valence-electron chi connectivity index (χ0n) is 11.9. The van der Waals surface area contributed by atoms with Crippen molar-refractivity contribution in [2.75, 3.05) is 26.4 Å². The van der Waals surface area contributed by atoms with E-state index in [1.165, 1.54) is 0 Å². The summed E-state index contributed by atoms with van der Waals surface area (Å²) in [5.41, 5.74) is 0. The van der Waals surface area contributed by atoms with E-state index in [2.05, 4.69) is 12.1 Å². The van der Waals surface area contributed by atoms with Crippen LogP contribution in [-0.4, -0.2) is 26.4 Å². The van der Waals surface area contributed by atoms with E-state index in [-0.39, 0.29) is 0 Å². The molecule has 0 unspecified atom stereocenters. The molecule has 0 atom stereocenters. The van der Waals surface area contributed by atoms with E-state index in [1.54, 1.807) is 0 Å². The van der Waals surface area contributed by atoms with Crippen molar-refractivity contribution in [3.8, 4) is 23.0 Å². The molecule has 2 aliphatic rings. The Bertz CT molecular complexity index is 756. The maximum Gasteiger partial charge on any atom is 0.161 e. The number of fused-ring (bicyclic) bond motifs is 4. The average Bonchev–Trinajstić information content (AvgIpc) is 2.56. The second-order valence-corrected chi connectivity index (χ2v) is 5.54. The maximum absolute atomic E-state index is 5.66. The lowest BCUT2D eigenvalue weighted by Crippen LogP contribution is -2.15. The molecule has 0 N–H and O–H groups in total. The van der Waals surface area contributed by atoms with Gasteiger partial charge < -0.3 is 18.9 Å². The second-order valence-electron chi connectivity index (χ2n) is 5.54. The van der Waals surface area contributed by atoms with Crippen molar-refractivity contribution in [2.24, 2.45) is 0 Å². The van der Waals surface area contributed by atoms with Gasteiger partial charge in [0.15, 0.2) is 23.0 Å². The van der Waals surface area contributed by atoms with E-state index >= 15 is 0 Å². The van der Waals surface area contributed by atoms with Crippen molar-refractivity contribution >= 4 is 21.5 Å². The molecule has 110 valence electrons. The molecule has 4 nitrogen and oxygen atoms in total. The van der Waals surface area contributed by atoms with E-state index in [0.29, 0.717) is 26.4 Å². The van der Waals surface area contributed by atoms with Crippen LogP contribution in [0.4, 0.5) is 0 Å². The van der Waals surface area contributed by atoms with Gasteiger partial charge in [0, 0.05) is 0 Å². The number of hydrogen-bond donors (Lipinski definition) is 0.